The van der Waals surface area contributed by atoms with Crippen molar-refractivity contribution in [2.75, 3.05) is 0 Å². The van der Waals surface area contributed by atoms with E-state index in [0.29, 0.717) is 17.1 Å². The SMILES string of the molecule is CCCCCCCCC1c2cc(F)ccc2SC(c2ccc(C)cc2)C1c1ccc(C)cc1. The molecule has 1 aliphatic heterocycles. The number of benzene rings is 3. The maximum atomic E-state index is 14.4. The normalized spacial score (nSPS) is 19.9. The molecule has 0 aliphatic carbocycles. The summed E-state index contributed by atoms with van der Waals surface area (Å²) in [5.74, 6) is 0.555. The summed E-state index contributed by atoms with van der Waals surface area (Å²) >= 11 is 1.92. The second kappa shape index (κ2) is 11.4. The van der Waals surface area contributed by atoms with Crippen LogP contribution in [0.25, 0.3) is 0 Å². The van der Waals surface area contributed by atoms with E-state index in [0.717, 1.165) is 6.42 Å². The third-order valence-corrected chi connectivity index (χ3v) is 8.57. The molecule has 174 valence electrons. The molecule has 3 aromatic rings. The molecule has 0 spiro atoms. The van der Waals surface area contributed by atoms with Crippen molar-refractivity contribution in [1.29, 1.82) is 0 Å². The lowest BCUT2D eigenvalue weighted by Crippen LogP contribution is -2.22. The molecule has 3 atom stereocenters. The van der Waals surface area contributed by atoms with Gasteiger partial charge in [0.2, 0.25) is 0 Å². The summed E-state index contributed by atoms with van der Waals surface area (Å²) in [6.45, 7) is 6.56. The topological polar surface area (TPSA) is 0 Å². The molecule has 1 aliphatic rings. The lowest BCUT2D eigenvalue weighted by molar-refractivity contribution is 0.449. The molecule has 0 radical (unpaired) electrons. The molecule has 0 saturated carbocycles. The summed E-state index contributed by atoms with van der Waals surface area (Å²) in [6.07, 6.45) is 8.83. The van der Waals surface area contributed by atoms with Gasteiger partial charge in [-0.3, -0.25) is 0 Å². The Labute approximate surface area is 204 Å². The van der Waals surface area contributed by atoms with Gasteiger partial charge in [-0.05, 0) is 61.1 Å². The van der Waals surface area contributed by atoms with Crippen LogP contribution in [0.5, 0.6) is 0 Å². The van der Waals surface area contributed by atoms with E-state index in [1.807, 2.05) is 23.9 Å². The zero-order valence-corrected chi connectivity index (χ0v) is 21.1. The molecule has 3 aromatic carbocycles. The van der Waals surface area contributed by atoms with Gasteiger partial charge in [-0.25, -0.2) is 4.39 Å². The smallest absolute Gasteiger partial charge is 0.123 e. The summed E-state index contributed by atoms with van der Waals surface area (Å²) in [5.41, 5.74) is 6.54. The number of aryl methyl sites for hydroxylation is 2. The fraction of sp³-hybridized carbons (Fsp3) is 0.419. The molecule has 2 heteroatoms. The molecular formula is C31H37FS. The monoisotopic (exact) mass is 460 g/mol. The van der Waals surface area contributed by atoms with Gasteiger partial charge in [0.15, 0.2) is 0 Å². The fourth-order valence-corrected chi connectivity index (χ4v) is 6.79. The Balaban J connectivity index is 1.71. The zero-order chi connectivity index (χ0) is 23.2. The largest absolute Gasteiger partial charge is 0.207 e. The minimum atomic E-state index is -0.112. The van der Waals surface area contributed by atoms with Crippen molar-refractivity contribution < 1.29 is 4.39 Å². The van der Waals surface area contributed by atoms with Crippen LogP contribution in [0.4, 0.5) is 4.39 Å². The van der Waals surface area contributed by atoms with Crippen LogP contribution in [0.3, 0.4) is 0 Å². The first-order chi connectivity index (χ1) is 16.1. The number of hydrogen-bond acceptors (Lipinski definition) is 1. The lowest BCUT2D eigenvalue weighted by atomic mass is 9.74. The molecule has 0 N–H and O–H groups in total. The van der Waals surface area contributed by atoms with Gasteiger partial charge >= 0.3 is 0 Å². The highest BCUT2D eigenvalue weighted by Crippen LogP contribution is 2.58. The van der Waals surface area contributed by atoms with Gasteiger partial charge in [-0.1, -0.05) is 105 Å². The summed E-state index contributed by atoms with van der Waals surface area (Å²) < 4.78 is 14.4. The third kappa shape index (κ3) is 5.90. The Hall–Kier alpha value is -2.06. The summed E-state index contributed by atoms with van der Waals surface area (Å²) in [5, 5.41) is 0.330. The Bertz CT molecular complexity index is 1020. The fourth-order valence-electron chi connectivity index (χ4n) is 5.24. The maximum Gasteiger partial charge on any atom is 0.123 e. The quantitative estimate of drug-likeness (QED) is 0.286. The van der Waals surface area contributed by atoms with Crippen molar-refractivity contribution in [2.45, 2.75) is 87.7 Å². The van der Waals surface area contributed by atoms with Crippen molar-refractivity contribution in [2.24, 2.45) is 0 Å². The van der Waals surface area contributed by atoms with Gasteiger partial charge in [-0.15, -0.1) is 11.8 Å². The van der Waals surface area contributed by atoms with Gasteiger partial charge in [-0.2, -0.15) is 0 Å². The molecule has 3 unspecified atom stereocenters. The highest BCUT2D eigenvalue weighted by Gasteiger charge is 2.39. The van der Waals surface area contributed by atoms with Crippen LogP contribution in [-0.4, -0.2) is 0 Å². The molecule has 0 saturated heterocycles. The van der Waals surface area contributed by atoms with Gasteiger partial charge in [0.25, 0.3) is 0 Å². The first-order valence-corrected chi connectivity index (χ1v) is 13.5. The van der Waals surface area contributed by atoms with E-state index in [2.05, 4.69) is 69.3 Å². The lowest BCUT2D eigenvalue weighted by Gasteiger charge is -2.40. The number of thioether (sulfide) groups is 1. The Morgan fingerprint density at radius 1 is 0.727 bits per heavy atom. The molecule has 0 bridgehead atoms. The minimum Gasteiger partial charge on any atom is -0.207 e. The molecular weight excluding hydrogens is 423 g/mol. The predicted octanol–water partition coefficient (Wildman–Crippen LogP) is 9.91. The van der Waals surface area contributed by atoms with Crippen molar-refractivity contribution in [1.82, 2.24) is 0 Å². The average molecular weight is 461 g/mol. The standard InChI is InChI=1S/C31H37FS/c1-4-5-6-7-8-9-10-27-28-21-26(32)19-20-29(28)33-31(25-17-13-23(3)14-18-25)30(27)24-15-11-22(2)12-16-24/h11-21,27,30-31H,4-10H2,1-3H3. The van der Waals surface area contributed by atoms with Crippen LogP contribution in [0, 0.1) is 19.7 Å². The second-order valence-electron chi connectivity index (χ2n) is 9.73. The molecule has 0 fully saturated rings. The zero-order valence-electron chi connectivity index (χ0n) is 20.3. The van der Waals surface area contributed by atoms with E-state index in [-0.39, 0.29) is 5.82 Å². The first-order valence-electron chi connectivity index (χ1n) is 12.7. The number of halogens is 1. The molecule has 0 amide bonds. The molecule has 33 heavy (non-hydrogen) atoms. The van der Waals surface area contributed by atoms with E-state index in [4.69, 9.17) is 0 Å². The summed E-state index contributed by atoms with van der Waals surface area (Å²) in [6, 6.07) is 23.6. The molecule has 4 rings (SSSR count). The average Bonchev–Trinajstić information content (AvgIpc) is 2.82. The van der Waals surface area contributed by atoms with Crippen molar-refractivity contribution in [3.8, 4) is 0 Å². The second-order valence-corrected chi connectivity index (χ2v) is 10.9. The van der Waals surface area contributed by atoms with E-state index in [9.17, 15) is 4.39 Å². The van der Waals surface area contributed by atoms with E-state index in [1.54, 1.807) is 6.07 Å². The highest BCUT2D eigenvalue weighted by molar-refractivity contribution is 7.99. The number of unbranched alkanes of at least 4 members (excludes halogenated alkanes) is 5. The summed E-state index contributed by atoms with van der Waals surface area (Å²) in [7, 11) is 0. The first kappa shape index (κ1) is 24.1. The van der Waals surface area contributed by atoms with E-state index < -0.39 is 0 Å². The van der Waals surface area contributed by atoms with Crippen LogP contribution in [0.2, 0.25) is 0 Å². The van der Waals surface area contributed by atoms with Crippen LogP contribution >= 0.6 is 11.8 Å². The van der Waals surface area contributed by atoms with Crippen molar-refractivity contribution >= 4 is 11.8 Å². The summed E-state index contributed by atoms with van der Waals surface area (Å²) in [4.78, 5) is 1.25. The Kier molecular flexibility index (Phi) is 8.30. The molecule has 0 aromatic heterocycles. The Morgan fingerprint density at radius 3 is 2.00 bits per heavy atom. The third-order valence-electron chi connectivity index (χ3n) is 7.12. The molecule has 0 nitrogen and oxygen atoms in total. The molecule has 1 heterocycles. The van der Waals surface area contributed by atoms with Crippen LogP contribution < -0.4 is 0 Å². The maximum absolute atomic E-state index is 14.4. The number of rotatable bonds is 9. The number of fused-ring (bicyclic) bond motifs is 1. The van der Waals surface area contributed by atoms with Crippen LogP contribution in [0.1, 0.15) is 96.8 Å². The van der Waals surface area contributed by atoms with Crippen LogP contribution in [0.15, 0.2) is 71.6 Å². The van der Waals surface area contributed by atoms with E-state index in [1.165, 1.54) is 71.2 Å². The van der Waals surface area contributed by atoms with Gasteiger partial charge < -0.3 is 0 Å². The predicted molar refractivity (Wildman–Crippen MR) is 141 cm³/mol. The van der Waals surface area contributed by atoms with Gasteiger partial charge in [0.05, 0.1) is 0 Å². The van der Waals surface area contributed by atoms with E-state index >= 15 is 0 Å². The Morgan fingerprint density at radius 2 is 1.33 bits per heavy atom. The van der Waals surface area contributed by atoms with Gasteiger partial charge in [0, 0.05) is 16.1 Å². The van der Waals surface area contributed by atoms with Crippen LogP contribution in [-0.2, 0) is 0 Å². The van der Waals surface area contributed by atoms with Crippen molar-refractivity contribution in [3.05, 3.63) is 100 Å². The minimum absolute atomic E-state index is 0.112. The van der Waals surface area contributed by atoms with Crippen molar-refractivity contribution in [3.63, 3.8) is 0 Å². The van der Waals surface area contributed by atoms with Gasteiger partial charge in [0.1, 0.15) is 5.82 Å². The highest BCUT2D eigenvalue weighted by atomic mass is 32.2. The number of hydrogen-bond donors (Lipinski definition) is 0.